The second-order valence-electron chi connectivity index (χ2n) is 6.25. The molecule has 3 N–H and O–H groups in total. The van der Waals surface area contributed by atoms with Crippen molar-refractivity contribution in [3.05, 3.63) is 78.4 Å². The smallest absolute Gasteiger partial charge is 0.220 e. The van der Waals surface area contributed by atoms with E-state index >= 15 is 0 Å². The lowest BCUT2D eigenvalue weighted by Crippen LogP contribution is -2.23. The maximum Gasteiger partial charge on any atom is 0.220 e. The van der Waals surface area contributed by atoms with Gasteiger partial charge < -0.3 is 15.3 Å². The molecule has 0 atom stereocenters. The SMILES string of the molecule is O=C(CCc1c[nH]c2ccccc12)NCc1ncc(-c2ccccc2)[nH]1. The average molecular weight is 344 g/mol. The second kappa shape index (κ2) is 7.27. The van der Waals surface area contributed by atoms with Gasteiger partial charge in [-0.3, -0.25) is 4.79 Å². The number of carbonyl (C=O) groups is 1. The molecular formula is C21H20N4O. The molecule has 0 aliphatic carbocycles. The van der Waals surface area contributed by atoms with Crippen molar-refractivity contribution in [3.63, 3.8) is 0 Å². The third-order valence-electron chi connectivity index (χ3n) is 4.46. The van der Waals surface area contributed by atoms with Gasteiger partial charge in [-0.15, -0.1) is 0 Å². The minimum absolute atomic E-state index is 0.0212. The number of nitrogens with zero attached hydrogens (tertiary/aromatic N) is 1. The zero-order valence-corrected chi connectivity index (χ0v) is 14.3. The molecule has 2 aromatic heterocycles. The van der Waals surface area contributed by atoms with Crippen molar-refractivity contribution in [1.29, 1.82) is 0 Å². The Bertz CT molecular complexity index is 1020. The number of aromatic nitrogens is 3. The van der Waals surface area contributed by atoms with Gasteiger partial charge in [0.25, 0.3) is 0 Å². The molecular weight excluding hydrogens is 324 g/mol. The predicted octanol–water partition coefficient (Wildman–Crippen LogP) is 3.81. The number of nitrogens with one attached hydrogen (secondary N) is 3. The van der Waals surface area contributed by atoms with Crippen LogP contribution in [-0.4, -0.2) is 20.9 Å². The van der Waals surface area contributed by atoms with E-state index in [9.17, 15) is 4.79 Å². The van der Waals surface area contributed by atoms with Gasteiger partial charge in [0.05, 0.1) is 18.4 Å². The maximum atomic E-state index is 12.2. The molecule has 0 radical (unpaired) electrons. The molecule has 0 bridgehead atoms. The molecule has 4 aromatic rings. The van der Waals surface area contributed by atoms with E-state index in [4.69, 9.17) is 0 Å². The van der Waals surface area contributed by atoms with E-state index in [0.717, 1.165) is 22.6 Å². The zero-order chi connectivity index (χ0) is 17.8. The molecule has 0 saturated carbocycles. The van der Waals surface area contributed by atoms with E-state index in [-0.39, 0.29) is 5.91 Å². The van der Waals surface area contributed by atoms with E-state index in [1.165, 1.54) is 10.9 Å². The first-order valence-corrected chi connectivity index (χ1v) is 8.70. The summed E-state index contributed by atoms with van der Waals surface area (Å²) in [5, 5.41) is 4.11. The number of benzene rings is 2. The van der Waals surface area contributed by atoms with Crippen LogP contribution in [0.4, 0.5) is 0 Å². The molecule has 0 fully saturated rings. The van der Waals surface area contributed by atoms with Crippen molar-refractivity contribution in [1.82, 2.24) is 20.3 Å². The number of hydrogen-bond acceptors (Lipinski definition) is 2. The van der Waals surface area contributed by atoms with Gasteiger partial charge in [-0.05, 0) is 23.6 Å². The summed E-state index contributed by atoms with van der Waals surface area (Å²) >= 11 is 0. The van der Waals surface area contributed by atoms with Crippen LogP contribution >= 0.6 is 0 Å². The molecule has 0 unspecified atom stereocenters. The first-order chi connectivity index (χ1) is 12.8. The van der Waals surface area contributed by atoms with Crippen LogP contribution in [0, 0.1) is 0 Å². The monoisotopic (exact) mass is 344 g/mol. The van der Waals surface area contributed by atoms with Crippen LogP contribution in [0.25, 0.3) is 22.2 Å². The Morgan fingerprint density at radius 2 is 1.85 bits per heavy atom. The van der Waals surface area contributed by atoms with Crippen molar-refractivity contribution < 1.29 is 4.79 Å². The average Bonchev–Trinajstić information content (AvgIpc) is 3.33. The first-order valence-electron chi connectivity index (χ1n) is 8.70. The summed E-state index contributed by atoms with van der Waals surface area (Å²) in [4.78, 5) is 23.0. The molecule has 5 nitrogen and oxygen atoms in total. The molecule has 4 rings (SSSR count). The van der Waals surface area contributed by atoms with Gasteiger partial charge >= 0.3 is 0 Å². The van der Waals surface area contributed by atoms with Crippen LogP contribution in [-0.2, 0) is 17.8 Å². The standard InChI is InChI=1S/C21H20N4O/c26-21(11-10-16-12-22-18-9-5-4-8-17(16)18)24-14-20-23-13-19(25-20)15-6-2-1-3-7-15/h1-9,12-13,22H,10-11,14H2,(H,23,25)(H,24,26). The first kappa shape index (κ1) is 16.1. The van der Waals surface area contributed by atoms with Gasteiger partial charge in [0.1, 0.15) is 5.82 Å². The summed E-state index contributed by atoms with van der Waals surface area (Å²) in [6.07, 6.45) is 4.94. The summed E-state index contributed by atoms with van der Waals surface area (Å²) < 4.78 is 0. The Hall–Kier alpha value is -3.34. The number of amides is 1. The fraction of sp³-hybridized carbons (Fsp3) is 0.143. The summed E-state index contributed by atoms with van der Waals surface area (Å²) in [5.41, 5.74) is 4.30. The minimum Gasteiger partial charge on any atom is -0.361 e. The summed E-state index contributed by atoms with van der Waals surface area (Å²) in [5.74, 6) is 0.775. The van der Waals surface area contributed by atoms with E-state index < -0.39 is 0 Å². The molecule has 26 heavy (non-hydrogen) atoms. The number of fused-ring (bicyclic) bond motifs is 1. The summed E-state index contributed by atoms with van der Waals surface area (Å²) in [7, 11) is 0. The van der Waals surface area contributed by atoms with Crippen molar-refractivity contribution in [2.75, 3.05) is 0 Å². The molecule has 2 heterocycles. The van der Waals surface area contributed by atoms with Crippen LogP contribution in [0.2, 0.25) is 0 Å². The van der Waals surface area contributed by atoms with Crippen molar-refractivity contribution in [2.45, 2.75) is 19.4 Å². The Kier molecular flexibility index (Phi) is 4.51. The topological polar surface area (TPSA) is 73.6 Å². The van der Waals surface area contributed by atoms with Crippen molar-refractivity contribution >= 4 is 16.8 Å². The fourth-order valence-corrected chi connectivity index (χ4v) is 3.07. The Labute approximate surface area is 151 Å². The lowest BCUT2D eigenvalue weighted by molar-refractivity contribution is -0.121. The van der Waals surface area contributed by atoms with Crippen LogP contribution in [0.1, 0.15) is 17.8 Å². The molecule has 0 spiro atoms. The highest BCUT2D eigenvalue weighted by molar-refractivity contribution is 5.84. The highest BCUT2D eigenvalue weighted by Crippen LogP contribution is 2.19. The minimum atomic E-state index is 0.0212. The molecule has 130 valence electrons. The van der Waals surface area contributed by atoms with Crippen molar-refractivity contribution in [3.8, 4) is 11.3 Å². The van der Waals surface area contributed by atoms with Gasteiger partial charge in [0.15, 0.2) is 0 Å². The summed E-state index contributed by atoms with van der Waals surface area (Å²) in [6, 6.07) is 18.1. The lowest BCUT2D eigenvalue weighted by Gasteiger charge is -2.03. The summed E-state index contributed by atoms with van der Waals surface area (Å²) in [6.45, 7) is 0.402. The van der Waals surface area contributed by atoms with Crippen LogP contribution < -0.4 is 5.32 Å². The number of aryl methyl sites for hydroxylation is 1. The van der Waals surface area contributed by atoms with Crippen LogP contribution in [0.3, 0.4) is 0 Å². The van der Waals surface area contributed by atoms with E-state index in [1.54, 1.807) is 6.20 Å². The second-order valence-corrected chi connectivity index (χ2v) is 6.25. The largest absolute Gasteiger partial charge is 0.361 e. The van der Waals surface area contributed by atoms with E-state index in [2.05, 4.69) is 26.3 Å². The Morgan fingerprint density at radius 3 is 2.73 bits per heavy atom. The van der Waals surface area contributed by atoms with Crippen molar-refractivity contribution in [2.24, 2.45) is 0 Å². The highest BCUT2D eigenvalue weighted by atomic mass is 16.1. The third-order valence-corrected chi connectivity index (χ3v) is 4.46. The van der Waals surface area contributed by atoms with Gasteiger partial charge in [-0.2, -0.15) is 0 Å². The zero-order valence-electron chi connectivity index (χ0n) is 14.3. The Morgan fingerprint density at radius 1 is 1.04 bits per heavy atom. The highest BCUT2D eigenvalue weighted by Gasteiger charge is 2.08. The lowest BCUT2D eigenvalue weighted by atomic mass is 10.1. The van der Waals surface area contributed by atoms with Crippen LogP contribution in [0.5, 0.6) is 0 Å². The molecule has 0 aliphatic heterocycles. The number of H-pyrrole nitrogens is 2. The number of hydrogen-bond donors (Lipinski definition) is 3. The van der Waals surface area contributed by atoms with Crippen LogP contribution in [0.15, 0.2) is 67.0 Å². The number of imidazole rings is 1. The van der Waals surface area contributed by atoms with Gasteiger partial charge in [-0.1, -0.05) is 48.5 Å². The molecule has 5 heteroatoms. The number of para-hydroxylation sites is 1. The third kappa shape index (κ3) is 3.52. The normalized spacial score (nSPS) is 10.9. The number of carbonyl (C=O) groups excluding carboxylic acids is 1. The quantitative estimate of drug-likeness (QED) is 0.498. The number of aromatic amines is 2. The fourth-order valence-electron chi connectivity index (χ4n) is 3.07. The van der Waals surface area contributed by atoms with Gasteiger partial charge in [-0.25, -0.2) is 4.98 Å². The maximum absolute atomic E-state index is 12.2. The van der Waals surface area contributed by atoms with E-state index in [1.807, 2.05) is 54.7 Å². The molecule has 1 amide bonds. The molecule has 0 saturated heterocycles. The Balaban J connectivity index is 1.31. The molecule has 2 aromatic carbocycles. The van der Waals surface area contributed by atoms with Gasteiger partial charge in [0.2, 0.25) is 5.91 Å². The molecule has 0 aliphatic rings. The number of rotatable bonds is 6. The van der Waals surface area contributed by atoms with E-state index in [0.29, 0.717) is 19.4 Å². The van der Waals surface area contributed by atoms with Gasteiger partial charge in [0, 0.05) is 23.5 Å². The predicted molar refractivity (Wildman–Crippen MR) is 102 cm³/mol.